The first kappa shape index (κ1) is 21.8. The van der Waals surface area contributed by atoms with E-state index in [9.17, 15) is 4.79 Å². The van der Waals surface area contributed by atoms with Crippen molar-refractivity contribution in [2.24, 2.45) is 0 Å². The number of hydrogen-bond acceptors (Lipinski definition) is 4. The summed E-state index contributed by atoms with van der Waals surface area (Å²) >= 11 is 12.6. The van der Waals surface area contributed by atoms with Crippen molar-refractivity contribution in [3.05, 3.63) is 56.8 Å². The van der Waals surface area contributed by atoms with Gasteiger partial charge in [-0.05, 0) is 70.3 Å². The Bertz CT molecular complexity index is 1070. The molecule has 0 aliphatic carbocycles. The monoisotopic (exact) mass is 473 g/mol. The quantitative estimate of drug-likeness (QED) is 0.687. The van der Waals surface area contributed by atoms with Crippen LogP contribution in [0.15, 0.2) is 35.5 Å². The van der Waals surface area contributed by atoms with E-state index in [1.807, 2.05) is 36.7 Å². The Balaban J connectivity index is 1.52. The second-order valence-corrected chi connectivity index (χ2v) is 9.97. The van der Waals surface area contributed by atoms with Gasteiger partial charge in [-0.1, -0.05) is 29.3 Å². The molecule has 1 unspecified atom stereocenters. The van der Waals surface area contributed by atoms with E-state index in [0.717, 1.165) is 67.4 Å². The third-order valence-electron chi connectivity index (χ3n) is 6.89. The standard InChI is InChI=1S/C24H29Cl2N5O/c1-15-12-21-27-16(2)22(23(31(21)28-15)17-7-8-19(25)20(26)13-17)24(32)30-11-5-6-18(30)14-29-9-3-4-10-29/h7-8,12-13,18,23,27H,3-6,9-11,14H2,1-2H3/t18-,23?/m0/s1. The maximum absolute atomic E-state index is 14.1. The van der Waals surface area contributed by atoms with E-state index < -0.39 is 0 Å². The summed E-state index contributed by atoms with van der Waals surface area (Å²) in [5.74, 6) is 0.967. The van der Waals surface area contributed by atoms with Crippen molar-refractivity contribution in [3.63, 3.8) is 0 Å². The lowest BCUT2D eigenvalue weighted by Crippen LogP contribution is -2.45. The summed E-state index contributed by atoms with van der Waals surface area (Å²) in [5.41, 5.74) is 3.40. The number of amides is 1. The van der Waals surface area contributed by atoms with Crippen LogP contribution in [0.25, 0.3) is 0 Å². The number of aromatic nitrogens is 2. The maximum Gasteiger partial charge on any atom is 0.254 e. The number of nitrogens with zero attached hydrogens (tertiary/aromatic N) is 4. The van der Waals surface area contributed by atoms with Gasteiger partial charge in [0.1, 0.15) is 11.9 Å². The van der Waals surface area contributed by atoms with Gasteiger partial charge in [-0.3, -0.25) is 4.79 Å². The topological polar surface area (TPSA) is 53.4 Å². The number of fused-ring (bicyclic) bond motifs is 1. The van der Waals surface area contributed by atoms with Gasteiger partial charge in [-0.15, -0.1) is 0 Å². The molecule has 1 N–H and O–H groups in total. The van der Waals surface area contributed by atoms with Crippen LogP contribution in [0.5, 0.6) is 0 Å². The molecule has 0 saturated carbocycles. The molecule has 2 saturated heterocycles. The molecule has 0 radical (unpaired) electrons. The van der Waals surface area contributed by atoms with E-state index in [2.05, 4.69) is 15.1 Å². The van der Waals surface area contributed by atoms with Crippen LogP contribution in [0, 0.1) is 6.92 Å². The normalized spacial score (nSPS) is 23.6. The lowest BCUT2D eigenvalue weighted by Gasteiger charge is -2.34. The SMILES string of the molecule is CC1=C(C(=O)N2CCC[C@H]2CN2CCCC2)C(c2ccc(Cl)c(Cl)c2)n2nc(C)cc2N1. The van der Waals surface area contributed by atoms with Crippen molar-refractivity contribution in [1.29, 1.82) is 0 Å². The Morgan fingerprint density at radius 3 is 2.62 bits per heavy atom. The smallest absolute Gasteiger partial charge is 0.254 e. The van der Waals surface area contributed by atoms with Gasteiger partial charge in [-0.2, -0.15) is 5.10 Å². The summed E-state index contributed by atoms with van der Waals surface area (Å²) in [6.07, 6.45) is 4.63. The number of benzene rings is 1. The molecule has 1 amide bonds. The van der Waals surface area contributed by atoms with E-state index >= 15 is 0 Å². The fourth-order valence-electron chi connectivity index (χ4n) is 5.37. The summed E-state index contributed by atoms with van der Waals surface area (Å²) in [5, 5.41) is 9.11. The molecule has 0 spiro atoms. The number of carbonyl (C=O) groups excluding carboxylic acids is 1. The summed E-state index contributed by atoms with van der Waals surface area (Å²) in [6, 6.07) is 7.50. The highest BCUT2D eigenvalue weighted by Gasteiger charge is 2.39. The Hall–Kier alpha value is -2.02. The molecule has 2 aromatic rings. The first-order chi connectivity index (χ1) is 15.4. The van der Waals surface area contributed by atoms with E-state index in [1.54, 1.807) is 6.07 Å². The molecule has 6 nitrogen and oxygen atoms in total. The van der Waals surface area contributed by atoms with Gasteiger partial charge in [0.15, 0.2) is 0 Å². The molecule has 32 heavy (non-hydrogen) atoms. The van der Waals surface area contributed by atoms with Crippen molar-refractivity contribution < 1.29 is 4.79 Å². The highest BCUT2D eigenvalue weighted by Crippen LogP contribution is 2.39. The van der Waals surface area contributed by atoms with E-state index in [-0.39, 0.29) is 18.0 Å². The summed E-state index contributed by atoms with van der Waals surface area (Å²) < 4.78 is 1.90. The van der Waals surface area contributed by atoms with Gasteiger partial charge in [0, 0.05) is 30.9 Å². The summed E-state index contributed by atoms with van der Waals surface area (Å²) in [7, 11) is 0. The number of halogens is 2. The molecule has 8 heteroatoms. The summed E-state index contributed by atoms with van der Waals surface area (Å²) in [4.78, 5) is 18.6. The van der Waals surface area contributed by atoms with Crippen LogP contribution < -0.4 is 5.32 Å². The number of likely N-dealkylation sites (tertiary alicyclic amines) is 2. The number of allylic oxidation sites excluding steroid dienone is 1. The van der Waals surface area contributed by atoms with Crippen LogP contribution in [0.4, 0.5) is 5.82 Å². The number of hydrogen-bond donors (Lipinski definition) is 1. The van der Waals surface area contributed by atoms with Crippen LogP contribution in [0.1, 0.15) is 49.9 Å². The zero-order chi connectivity index (χ0) is 22.4. The first-order valence-electron chi connectivity index (χ1n) is 11.4. The molecule has 1 aromatic heterocycles. The predicted molar refractivity (Wildman–Crippen MR) is 128 cm³/mol. The molecule has 5 rings (SSSR count). The molecular weight excluding hydrogens is 445 g/mol. The lowest BCUT2D eigenvalue weighted by atomic mass is 9.94. The zero-order valence-corrected chi connectivity index (χ0v) is 20.1. The zero-order valence-electron chi connectivity index (χ0n) is 18.6. The van der Waals surface area contributed by atoms with Crippen molar-refractivity contribution in [2.45, 2.75) is 51.6 Å². The van der Waals surface area contributed by atoms with E-state index in [1.165, 1.54) is 12.8 Å². The second-order valence-electron chi connectivity index (χ2n) is 9.16. The van der Waals surface area contributed by atoms with Crippen molar-refractivity contribution >= 4 is 34.9 Å². The van der Waals surface area contributed by atoms with E-state index in [4.69, 9.17) is 28.3 Å². The Morgan fingerprint density at radius 1 is 1.09 bits per heavy atom. The number of aryl methyl sites for hydroxylation is 1. The third kappa shape index (κ3) is 3.93. The Labute approximate surface area is 199 Å². The van der Waals surface area contributed by atoms with Crippen LogP contribution in [0.2, 0.25) is 10.0 Å². The third-order valence-corrected chi connectivity index (χ3v) is 7.63. The molecule has 1 aromatic carbocycles. The average molecular weight is 474 g/mol. The van der Waals surface area contributed by atoms with Gasteiger partial charge >= 0.3 is 0 Å². The highest BCUT2D eigenvalue weighted by atomic mass is 35.5. The van der Waals surface area contributed by atoms with Crippen molar-refractivity contribution in [1.82, 2.24) is 19.6 Å². The fourth-order valence-corrected chi connectivity index (χ4v) is 5.68. The number of rotatable bonds is 4. The number of anilines is 1. The van der Waals surface area contributed by atoms with Crippen LogP contribution >= 0.6 is 23.2 Å². The Kier molecular flexibility index (Phi) is 5.95. The van der Waals surface area contributed by atoms with Crippen molar-refractivity contribution in [2.75, 3.05) is 31.5 Å². The van der Waals surface area contributed by atoms with E-state index in [0.29, 0.717) is 10.0 Å². The van der Waals surface area contributed by atoms with Crippen molar-refractivity contribution in [3.8, 4) is 0 Å². The second kappa shape index (κ2) is 8.73. The fraction of sp³-hybridized carbons (Fsp3) is 0.500. The first-order valence-corrected chi connectivity index (χ1v) is 12.2. The minimum atomic E-state index is -0.352. The molecule has 170 valence electrons. The minimum absolute atomic E-state index is 0.0894. The number of carbonyl (C=O) groups is 1. The molecular formula is C24H29Cl2N5O. The predicted octanol–water partition coefficient (Wildman–Crippen LogP) is 4.87. The molecule has 0 bridgehead atoms. The molecule has 2 fully saturated rings. The summed E-state index contributed by atoms with van der Waals surface area (Å²) in [6.45, 7) is 7.99. The van der Waals surface area contributed by atoms with Gasteiger partial charge in [-0.25, -0.2) is 4.68 Å². The lowest BCUT2D eigenvalue weighted by molar-refractivity contribution is -0.128. The Morgan fingerprint density at radius 2 is 1.88 bits per heavy atom. The van der Waals surface area contributed by atoms with Crippen LogP contribution in [0.3, 0.4) is 0 Å². The minimum Gasteiger partial charge on any atom is -0.344 e. The molecule has 3 aliphatic heterocycles. The maximum atomic E-state index is 14.1. The largest absolute Gasteiger partial charge is 0.344 e. The number of nitrogens with one attached hydrogen (secondary N) is 1. The van der Waals surface area contributed by atoms with Crippen LogP contribution in [-0.4, -0.2) is 57.7 Å². The van der Waals surface area contributed by atoms with Crippen LogP contribution in [-0.2, 0) is 4.79 Å². The van der Waals surface area contributed by atoms with Gasteiger partial charge in [0.25, 0.3) is 5.91 Å². The molecule has 4 heterocycles. The highest BCUT2D eigenvalue weighted by molar-refractivity contribution is 6.42. The molecule has 3 aliphatic rings. The van der Waals surface area contributed by atoms with Gasteiger partial charge in [0.05, 0.1) is 21.3 Å². The van der Waals surface area contributed by atoms with Gasteiger partial charge < -0.3 is 15.1 Å². The van der Waals surface area contributed by atoms with Gasteiger partial charge in [0.2, 0.25) is 0 Å². The molecule has 2 atom stereocenters. The average Bonchev–Trinajstić information content (AvgIpc) is 3.50.